The third-order valence-electron chi connectivity index (χ3n) is 6.11. The summed E-state index contributed by atoms with van der Waals surface area (Å²) in [7, 11) is 1.53. The molecule has 1 aliphatic rings. The van der Waals surface area contributed by atoms with E-state index in [1.165, 1.54) is 12.7 Å². The summed E-state index contributed by atoms with van der Waals surface area (Å²) in [5.41, 5.74) is 3.50. The number of benzene rings is 2. The second kappa shape index (κ2) is 11.9. The molecular formula is C27H31ClN4O3. The summed E-state index contributed by atoms with van der Waals surface area (Å²) < 4.78 is 11.0. The SMILES string of the molecule is CCOc1c(Cl)cc(C(=O)Nc2ccccc2N2CCN(CCc3ccncc3)CC2)cc1OC. The van der Waals surface area contributed by atoms with Crippen molar-refractivity contribution in [3.05, 3.63) is 77.1 Å². The van der Waals surface area contributed by atoms with Crippen molar-refractivity contribution in [3.8, 4) is 11.5 Å². The predicted molar refractivity (Wildman–Crippen MR) is 140 cm³/mol. The van der Waals surface area contributed by atoms with Crippen LogP contribution in [0.5, 0.6) is 11.5 Å². The molecule has 35 heavy (non-hydrogen) atoms. The summed E-state index contributed by atoms with van der Waals surface area (Å²) in [6, 6.07) is 15.3. The van der Waals surface area contributed by atoms with Gasteiger partial charge in [0.15, 0.2) is 11.5 Å². The third kappa shape index (κ3) is 6.24. The van der Waals surface area contributed by atoms with E-state index in [1.54, 1.807) is 12.1 Å². The molecule has 184 valence electrons. The minimum Gasteiger partial charge on any atom is -0.493 e. The first kappa shape index (κ1) is 24.8. The van der Waals surface area contributed by atoms with Crippen LogP contribution in [0.25, 0.3) is 0 Å². The fourth-order valence-electron chi connectivity index (χ4n) is 4.23. The summed E-state index contributed by atoms with van der Waals surface area (Å²) in [4.78, 5) is 22.0. The number of methoxy groups -OCH3 is 1. The molecule has 2 aromatic carbocycles. The van der Waals surface area contributed by atoms with Crippen LogP contribution in [0.3, 0.4) is 0 Å². The van der Waals surface area contributed by atoms with Gasteiger partial charge in [-0.3, -0.25) is 14.7 Å². The fourth-order valence-corrected chi connectivity index (χ4v) is 4.50. The van der Waals surface area contributed by atoms with E-state index in [0.717, 1.165) is 50.5 Å². The Morgan fingerprint density at radius 1 is 1.09 bits per heavy atom. The van der Waals surface area contributed by atoms with Crippen molar-refractivity contribution in [2.45, 2.75) is 13.3 Å². The number of amides is 1. The number of aromatic nitrogens is 1. The van der Waals surface area contributed by atoms with Crippen LogP contribution in [0.2, 0.25) is 5.02 Å². The number of ether oxygens (including phenoxy) is 2. The second-order valence-electron chi connectivity index (χ2n) is 8.33. The molecule has 0 radical (unpaired) electrons. The number of anilines is 2. The molecule has 1 aliphatic heterocycles. The van der Waals surface area contributed by atoms with E-state index in [-0.39, 0.29) is 5.91 Å². The van der Waals surface area contributed by atoms with Gasteiger partial charge in [-0.1, -0.05) is 23.7 Å². The zero-order valence-electron chi connectivity index (χ0n) is 20.2. The number of nitrogens with one attached hydrogen (secondary N) is 1. The van der Waals surface area contributed by atoms with Crippen molar-refractivity contribution in [1.29, 1.82) is 0 Å². The van der Waals surface area contributed by atoms with E-state index in [2.05, 4.69) is 32.2 Å². The lowest BCUT2D eigenvalue weighted by Crippen LogP contribution is -2.47. The zero-order valence-corrected chi connectivity index (χ0v) is 20.9. The van der Waals surface area contributed by atoms with Gasteiger partial charge in [-0.05, 0) is 55.3 Å². The Labute approximate surface area is 211 Å². The quantitative estimate of drug-likeness (QED) is 0.462. The predicted octanol–water partition coefficient (Wildman–Crippen LogP) is 4.76. The Balaban J connectivity index is 1.41. The minimum atomic E-state index is -0.253. The van der Waals surface area contributed by atoms with Crippen LogP contribution in [0.15, 0.2) is 60.9 Å². The van der Waals surface area contributed by atoms with Crippen LogP contribution in [0, 0.1) is 0 Å². The Bertz CT molecular complexity index is 1130. The number of nitrogens with zero attached hydrogens (tertiary/aromatic N) is 3. The fraction of sp³-hybridized carbons (Fsp3) is 0.333. The van der Waals surface area contributed by atoms with Gasteiger partial charge in [0.1, 0.15) is 0 Å². The van der Waals surface area contributed by atoms with Crippen LogP contribution in [0.1, 0.15) is 22.8 Å². The summed E-state index contributed by atoms with van der Waals surface area (Å²) in [6.07, 6.45) is 4.70. The second-order valence-corrected chi connectivity index (χ2v) is 8.74. The topological polar surface area (TPSA) is 66.9 Å². The standard InChI is InChI=1S/C27H31ClN4O3/c1-3-35-26-22(28)18-21(19-25(26)34-2)27(33)30-23-6-4-5-7-24(23)32-16-14-31(15-17-32)13-10-20-8-11-29-12-9-20/h4-9,11-12,18-19H,3,10,13-17H2,1-2H3,(H,30,33). The third-order valence-corrected chi connectivity index (χ3v) is 6.39. The van der Waals surface area contributed by atoms with E-state index < -0.39 is 0 Å². The van der Waals surface area contributed by atoms with Gasteiger partial charge >= 0.3 is 0 Å². The maximum Gasteiger partial charge on any atom is 0.255 e. The van der Waals surface area contributed by atoms with Gasteiger partial charge in [0, 0.05) is 50.7 Å². The number of halogens is 1. The highest BCUT2D eigenvalue weighted by atomic mass is 35.5. The van der Waals surface area contributed by atoms with Gasteiger partial charge in [0.05, 0.1) is 30.1 Å². The molecule has 0 spiro atoms. The van der Waals surface area contributed by atoms with Gasteiger partial charge in [0.25, 0.3) is 5.91 Å². The molecule has 0 atom stereocenters. The number of carbonyl (C=O) groups is 1. The lowest BCUT2D eigenvalue weighted by molar-refractivity contribution is 0.102. The Kier molecular flexibility index (Phi) is 8.45. The van der Waals surface area contributed by atoms with Crippen LogP contribution in [-0.4, -0.2) is 62.2 Å². The number of carbonyl (C=O) groups excluding carboxylic acids is 1. The number of pyridine rings is 1. The summed E-state index contributed by atoms with van der Waals surface area (Å²) in [6.45, 7) is 7.08. The first-order chi connectivity index (χ1) is 17.1. The number of hydrogen-bond acceptors (Lipinski definition) is 6. The van der Waals surface area contributed by atoms with Gasteiger partial charge in [-0.2, -0.15) is 0 Å². The van der Waals surface area contributed by atoms with Crippen molar-refractivity contribution >= 4 is 28.9 Å². The molecule has 0 aliphatic carbocycles. The highest BCUT2D eigenvalue weighted by Crippen LogP contribution is 2.37. The highest BCUT2D eigenvalue weighted by molar-refractivity contribution is 6.32. The Morgan fingerprint density at radius 3 is 2.54 bits per heavy atom. The highest BCUT2D eigenvalue weighted by Gasteiger charge is 2.21. The number of piperazine rings is 1. The molecule has 0 bridgehead atoms. The van der Waals surface area contributed by atoms with Crippen molar-refractivity contribution in [2.75, 3.05) is 56.7 Å². The molecule has 1 amide bonds. The monoisotopic (exact) mass is 494 g/mol. The van der Waals surface area contributed by atoms with Gasteiger partial charge in [0.2, 0.25) is 0 Å². The molecular weight excluding hydrogens is 464 g/mol. The zero-order chi connectivity index (χ0) is 24.6. The Morgan fingerprint density at radius 2 is 1.83 bits per heavy atom. The smallest absolute Gasteiger partial charge is 0.255 e. The van der Waals surface area contributed by atoms with E-state index in [9.17, 15) is 4.79 Å². The van der Waals surface area contributed by atoms with E-state index in [1.807, 2.05) is 43.6 Å². The molecule has 4 rings (SSSR count). The average Bonchev–Trinajstić information content (AvgIpc) is 2.90. The molecule has 0 saturated carbocycles. The normalized spacial score (nSPS) is 14.0. The van der Waals surface area contributed by atoms with Crippen LogP contribution in [0.4, 0.5) is 11.4 Å². The van der Waals surface area contributed by atoms with Crippen molar-refractivity contribution in [2.24, 2.45) is 0 Å². The van der Waals surface area contributed by atoms with Gasteiger partial charge in [-0.25, -0.2) is 0 Å². The molecule has 7 nitrogen and oxygen atoms in total. The number of para-hydroxylation sites is 2. The summed E-state index contributed by atoms with van der Waals surface area (Å²) in [5, 5.41) is 3.40. The maximum atomic E-state index is 13.1. The average molecular weight is 495 g/mol. The van der Waals surface area contributed by atoms with Crippen LogP contribution in [-0.2, 0) is 6.42 Å². The largest absolute Gasteiger partial charge is 0.493 e. The van der Waals surface area contributed by atoms with Gasteiger partial charge < -0.3 is 19.7 Å². The first-order valence-electron chi connectivity index (χ1n) is 11.9. The maximum absolute atomic E-state index is 13.1. The lowest BCUT2D eigenvalue weighted by Gasteiger charge is -2.37. The van der Waals surface area contributed by atoms with Gasteiger partial charge in [-0.15, -0.1) is 0 Å². The van der Waals surface area contributed by atoms with Crippen LogP contribution >= 0.6 is 11.6 Å². The molecule has 1 aromatic heterocycles. The van der Waals surface area contributed by atoms with E-state index in [4.69, 9.17) is 21.1 Å². The lowest BCUT2D eigenvalue weighted by atomic mass is 10.1. The molecule has 1 N–H and O–H groups in total. The molecule has 3 aromatic rings. The van der Waals surface area contributed by atoms with E-state index >= 15 is 0 Å². The minimum absolute atomic E-state index is 0.253. The van der Waals surface area contributed by atoms with Crippen molar-refractivity contribution < 1.29 is 14.3 Å². The van der Waals surface area contributed by atoms with Crippen molar-refractivity contribution in [1.82, 2.24) is 9.88 Å². The summed E-state index contributed by atoms with van der Waals surface area (Å²) >= 11 is 6.37. The number of rotatable bonds is 9. The van der Waals surface area contributed by atoms with E-state index in [0.29, 0.717) is 28.7 Å². The first-order valence-corrected chi connectivity index (χ1v) is 12.2. The van der Waals surface area contributed by atoms with Crippen molar-refractivity contribution in [3.63, 3.8) is 0 Å². The Hall–Kier alpha value is -3.29. The molecule has 0 unspecified atom stereocenters. The summed E-state index contributed by atoms with van der Waals surface area (Å²) in [5.74, 6) is 0.618. The molecule has 2 heterocycles. The van der Waals surface area contributed by atoms with Crippen LogP contribution < -0.4 is 19.7 Å². The number of hydrogen-bond donors (Lipinski definition) is 1. The molecule has 1 fully saturated rings. The molecule has 8 heteroatoms. The molecule has 1 saturated heterocycles.